The maximum absolute atomic E-state index is 11.7. The lowest BCUT2D eigenvalue weighted by Gasteiger charge is -2.02. The van der Waals surface area contributed by atoms with Crippen LogP contribution in [-0.2, 0) is 6.54 Å². The summed E-state index contributed by atoms with van der Waals surface area (Å²) in [6.45, 7) is 0.359. The van der Waals surface area contributed by atoms with E-state index >= 15 is 0 Å². The van der Waals surface area contributed by atoms with Gasteiger partial charge in [-0.25, -0.2) is 4.79 Å². The van der Waals surface area contributed by atoms with Crippen LogP contribution in [0.15, 0.2) is 36.7 Å². The summed E-state index contributed by atoms with van der Waals surface area (Å²) >= 11 is 1.26. The smallest absolute Gasteiger partial charge is 0.321 e. The molecule has 3 rings (SSSR count). The van der Waals surface area contributed by atoms with Gasteiger partial charge in [-0.15, -0.1) is 10.2 Å². The molecule has 3 aromatic heterocycles. The van der Waals surface area contributed by atoms with Gasteiger partial charge in [0, 0.05) is 12.4 Å². The summed E-state index contributed by atoms with van der Waals surface area (Å²) in [6, 6.07) is 6.96. The predicted octanol–water partition coefficient (Wildman–Crippen LogP) is 1.64. The van der Waals surface area contributed by atoms with Gasteiger partial charge < -0.3 is 5.32 Å². The van der Waals surface area contributed by atoms with Crippen molar-refractivity contribution in [2.75, 3.05) is 5.32 Å². The Morgan fingerprint density at radius 2 is 2.19 bits per heavy atom. The molecule has 21 heavy (non-hydrogen) atoms. The van der Waals surface area contributed by atoms with Crippen molar-refractivity contribution < 1.29 is 4.79 Å². The molecule has 2 amide bonds. The highest BCUT2D eigenvalue weighted by atomic mass is 32.1. The van der Waals surface area contributed by atoms with Gasteiger partial charge in [-0.1, -0.05) is 17.4 Å². The van der Waals surface area contributed by atoms with Crippen molar-refractivity contribution in [3.8, 4) is 10.7 Å². The van der Waals surface area contributed by atoms with Crippen LogP contribution in [0, 0.1) is 0 Å². The lowest BCUT2D eigenvalue weighted by molar-refractivity contribution is 0.251. The van der Waals surface area contributed by atoms with Crippen molar-refractivity contribution >= 4 is 22.5 Å². The fourth-order valence-electron chi connectivity index (χ4n) is 1.57. The fourth-order valence-corrected chi connectivity index (χ4v) is 2.28. The highest BCUT2D eigenvalue weighted by Gasteiger charge is 2.10. The molecule has 0 bridgehead atoms. The van der Waals surface area contributed by atoms with Crippen LogP contribution in [0.1, 0.15) is 5.69 Å². The predicted molar refractivity (Wildman–Crippen MR) is 77.6 cm³/mol. The van der Waals surface area contributed by atoms with Gasteiger partial charge in [0.05, 0.1) is 12.2 Å². The maximum atomic E-state index is 11.7. The Morgan fingerprint density at radius 3 is 2.95 bits per heavy atom. The molecule has 0 aromatic carbocycles. The molecule has 3 heterocycles. The third kappa shape index (κ3) is 3.39. The Labute approximate surface area is 123 Å². The van der Waals surface area contributed by atoms with Crippen molar-refractivity contribution in [1.82, 2.24) is 30.7 Å². The zero-order valence-corrected chi connectivity index (χ0v) is 11.6. The number of amides is 2. The van der Waals surface area contributed by atoms with E-state index in [1.165, 1.54) is 11.3 Å². The number of hydrogen-bond acceptors (Lipinski definition) is 6. The molecule has 0 unspecified atom stereocenters. The summed E-state index contributed by atoms with van der Waals surface area (Å²) in [5, 5.41) is 20.8. The highest BCUT2D eigenvalue weighted by molar-refractivity contribution is 7.18. The Bertz CT molecular complexity index is 710. The van der Waals surface area contributed by atoms with Crippen LogP contribution < -0.4 is 10.6 Å². The Morgan fingerprint density at radius 1 is 1.24 bits per heavy atom. The van der Waals surface area contributed by atoms with E-state index in [1.807, 2.05) is 18.2 Å². The third-order valence-electron chi connectivity index (χ3n) is 2.53. The number of aromatic nitrogens is 5. The molecule has 0 spiro atoms. The van der Waals surface area contributed by atoms with Gasteiger partial charge >= 0.3 is 6.03 Å². The monoisotopic (exact) mass is 301 g/mol. The summed E-state index contributed by atoms with van der Waals surface area (Å²) < 4.78 is 0. The van der Waals surface area contributed by atoms with Crippen LogP contribution in [0.2, 0.25) is 0 Å². The third-order valence-corrected chi connectivity index (χ3v) is 3.39. The van der Waals surface area contributed by atoms with Crippen LogP contribution >= 0.6 is 11.3 Å². The number of anilines is 1. The van der Waals surface area contributed by atoms with Crippen molar-refractivity contribution in [2.45, 2.75) is 6.54 Å². The molecule has 0 aliphatic rings. The van der Waals surface area contributed by atoms with Gasteiger partial charge in [-0.05, 0) is 18.2 Å². The summed E-state index contributed by atoms with van der Waals surface area (Å²) in [7, 11) is 0. The van der Waals surface area contributed by atoms with E-state index in [9.17, 15) is 4.79 Å². The van der Waals surface area contributed by atoms with Gasteiger partial charge in [0.15, 0.2) is 5.01 Å². The van der Waals surface area contributed by atoms with E-state index in [-0.39, 0.29) is 6.03 Å². The number of aromatic amines is 1. The van der Waals surface area contributed by atoms with E-state index < -0.39 is 0 Å². The number of rotatable bonds is 4. The van der Waals surface area contributed by atoms with Crippen molar-refractivity contribution in [2.24, 2.45) is 0 Å². The van der Waals surface area contributed by atoms with Crippen LogP contribution in [-0.4, -0.2) is 31.4 Å². The standard InChI is InChI=1S/C12H11N7OS/c20-11(14-7-8-4-6-15-17-8)16-12-19-18-10(21-12)9-3-1-2-5-13-9/h1-6H,7H2,(H,15,17)(H2,14,16,19,20). The molecule has 0 aliphatic carbocycles. The molecule has 3 N–H and O–H groups in total. The molecule has 106 valence electrons. The van der Waals surface area contributed by atoms with Gasteiger partial charge in [0.1, 0.15) is 5.69 Å². The quantitative estimate of drug-likeness (QED) is 0.679. The number of H-pyrrole nitrogens is 1. The van der Waals surface area contributed by atoms with E-state index in [2.05, 4.69) is 36.0 Å². The first-order chi connectivity index (χ1) is 10.3. The topological polar surface area (TPSA) is 108 Å². The van der Waals surface area contributed by atoms with Crippen LogP contribution in [0.5, 0.6) is 0 Å². The largest absolute Gasteiger partial charge is 0.332 e. The summed E-state index contributed by atoms with van der Waals surface area (Å²) in [5.74, 6) is 0. The minimum atomic E-state index is -0.353. The number of nitrogens with one attached hydrogen (secondary N) is 3. The maximum Gasteiger partial charge on any atom is 0.321 e. The lowest BCUT2D eigenvalue weighted by atomic mass is 10.4. The van der Waals surface area contributed by atoms with Crippen molar-refractivity contribution in [3.63, 3.8) is 0 Å². The van der Waals surface area contributed by atoms with Crippen molar-refractivity contribution in [3.05, 3.63) is 42.4 Å². The van der Waals surface area contributed by atoms with Crippen LogP contribution in [0.25, 0.3) is 10.7 Å². The second-order valence-corrected chi connectivity index (χ2v) is 4.99. The molecule has 0 saturated carbocycles. The number of carbonyl (C=O) groups excluding carboxylic acids is 1. The molecule has 0 saturated heterocycles. The first kappa shape index (κ1) is 13.2. The molecular weight excluding hydrogens is 290 g/mol. The molecule has 0 radical (unpaired) electrons. The average molecular weight is 301 g/mol. The van der Waals surface area contributed by atoms with E-state index in [0.29, 0.717) is 16.7 Å². The normalized spacial score (nSPS) is 10.3. The molecule has 0 atom stereocenters. The SMILES string of the molecule is O=C(NCc1ccn[nH]1)Nc1nnc(-c2ccccn2)s1. The molecule has 9 heteroatoms. The van der Waals surface area contributed by atoms with E-state index in [0.717, 1.165) is 11.4 Å². The molecule has 0 fully saturated rings. The second kappa shape index (κ2) is 6.09. The fraction of sp³-hybridized carbons (Fsp3) is 0.0833. The zero-order valence-electron chi connectivity index (χ0n) is 10.8. The first-order valence-corrected chi connectivity index (χ1v) is 6.91. The first-order valence-electron chi connectivity index (χ1n) is 6.09. The number of urea groups is 1. The summed E-state index contributed by atoms with van der Waals surface area (Å²) in [6.07, 6.45) is 3.31. The van der Waals surface area contributed by atoms with Gasteiger partial charge in [-0.2, -0.15) is 5.10 Å². The Kier molecular flexibility index (Phi) is 3.83. The lowest BCUT2D eigenvalue weighted by Crippen LogP contribution is -2.28. The van der Waals surface area contributed by atoms with Gasteiger partial charge in [0.2, 0.25) is 5.13 Å². The van der Waals surface area contributed by atoms with Gasteiger partial charge in [0.25, 0.3) is 0 Å². The average Bonchev–Trinajstić information content (AvgIpc) is 3.17. The number of carbonyl (C=O) groups is 1. The highest BCUT2D eigenvalue weighted by Crippen LogP contribution is 2.24. The molecule has 0 aliphatic heterocycles. The molecule has 3 aromatic rings. The second-order valence-electron chi connectivity index (χ2n) is 4.02. The number of hydrogen-bond donors (Lipinski definition) is 3. The number of pyridine rings is 1. The zero-order chi connectivity index (χ0) is 14.5. The van der Waals surface area contributed by atoms with E-state index in [4.69, 9.17) is 0 Å². The molecule has 8 nitrogen and oxygen atoms in total. The minimum absolute atomic E-state index is 0.353. The number of nitrogens with zero attached hydrogens (tertiary/aromatic N) is 4. The van der Waals surface area contributed by atoms with Crippen LogP contribution in [0.3, 0.4) is 0 Å². The summed E-state index contributed by atoms with van der Waals surface area (Å²) in [4.78, 5) is 15.9. The molecular formula is C12H11N7OS. The Balaban J connectivity index is 1.58. The van der Waals surface area contributed by atoms with E-state index in [1.54, 1.807) is 18.5 Å². The summed E-state index contributed by atoms with van der Waals surface area (Å²) in [5.41, 5.74) is 1.54. The Hall–Kier alpha value is -2.81. The minimum Gasteiger partial charge on any atom is -0.332 e. The van der Waals surface area contributed by atoms with Crippen molar-refractivity contribution in [1.29, 1.82) is 0 Å². The van der Waals surface area contributed by atoms with Gasteiger partial charge in [-0.3, -0.25) is 15.4 Å². The van der Waals surface area contributed by atoms with Crippen LogP contribution in [0.4, 0.5) is 9.93 Å².